The molecule has 0 spiro atoms. The van der Waals surface area contributed by atoms with Crippen LogP contribution in [0.15, 0.2) is 18.2 Å². The van der Waals surface area contributed by atoms with E-state index in [0.29, 0.717) is 18.4 Å². The maximum absolute atomic E-state index is 13.2. The number of rotatable bonds is 2. The summed E-state index contributed by atoms with van der Waals surface area (Å²) in [6.45, 7) is 0. The maximum Gasteiger partial charge on any atom is 0.419 e. The number of hydrogen-bond acceptors (Lipinski definition) is 3. The van der Waals surface area contributed by atoms with Crippen LogP contribution < -0.4 is 10.1 Å². The maximum atomic E-state index is 13.2. The van der Waals surface area contributed by atoms with Gasteiger partial charge in [-0.15, -0.1) is 0 Å². The summed E-state index contributed by atoms with van der Waals surface area (Å²) < 4.78 is 44.3. The molecule has 6 heteroatoms. The second-order valence-corrected chi connectivity index (χ2v) is 6.34. The van der Waals surface area contributed by atoms with Crippen LogP contribution in [0, 0.1) is 0 Å². The van der Waals surface area contributed by atoms with Crippen LogP contribution in [-0.4, -0.2) is 24.3 Å². The summed E-state index contributed by atoms with van der Waals surface area (Å²) in [5.41, 5.74) is -1.70. The number of hydrogen-bond donors (Lipinski definition) is 2. The second kappa shape index (κ2) is 5.42. The van der Waals surface area contributed by atoms with Crippen LogP contribution in [-0.2, 0) is 11.8 Å². The van der Waals surface area contributed by atoms with Gasteiger partial charge in [0.15, 0.2) is 0 Å². The largest absolute Gasteiger partial charge is 0.496 e. The normalized spacial score (nSPS) is 31.9. The lowest BCUT2D eigenvalue weighted by molar-refractivity contribution is -0.139. The van der Waals surface area contributed by atoms with E-state index in [0.717, 1.165) is 25.3 Å². The Morgan fingerprint density at radius 1 is 1.23 bits per heavy atom. The first-order valence-electron chi connectivity index (χ1n) is 7.56. The minimum absolute atomic E-state index is 0.175. The van der Waals surface area contributed by atoms with Gasteiger partial charge in [-0.1, -0.05) is 12.5 Å². The Kier molecular flexibility index (Phi) is 3.85. The standard InChI is InChI=1S/C16H20F3NO2/c1-22-14-6-5-10(7-13(14)16(17,18)19)15(21)8-11-3-2-4-12(9-15)20-11/h5-7,11-12,20-21H,2-4,8-9H2,1H3. The molecule has 1 aromatic rings. The Morgan fingerprint density at radius 2 is 1.86 bits per heavy atom. The monoisotopic (exact) mass is 315 g/mol. The van der Waals surface area contributed by atoms with E-state index >= 15 is 0 Å². The predicted octanol–water partition coefficient (Wildman–Crippen LogP) is 3.21. The van der Waals surface area contributed by atoms with Crippen LogP contribution in [0.3, 0.4) is 0 Å². The van der Waals surface area contributed by atoms with Gasteiger partial charge in [0.2, 0.25) is 0 Å². The highest BCUT2D eigenvalue weighted by molar-refractivity contribution is 5.41. The number of methoxy groups -OCH3 is 1. The number of aliphatic hydroxyl groups is 1. The second-order valence-electron chi connectivity index (χ2n) is 6.34. The molecule has 2 saturated heterocycles. The van der Waals surface area contributed by atoms with Crippen LogP contribution in [0.25, 0.3) is 0 Å². The molecule has 2 aliphatic heterocycles. The van der Waals surface area contributed by atoms with Crippen LogP contribution in [0.1, 0.15) is 43.2 Å². The van der Waals surface area contributed by atoms with Crippen LogP contribution >= 0.6 is 0 Å². The first-order chi connectivity index (χ1) is 10.3. The number of alkyl halides is 3. The van der Waals surface area contributed by atoms with Gasteiger partial charge >= 0.3 is 6.18 Å². The molecule has 3 nitrogen and oxygen atoms in total. The topological polar surface area (TPSA) is 41.5 Å². The molecule has 2 unspecified atom stereocenters. The summed E-state index contributed by atoms with van der Waals surface area (Å²) in [4.78, 5) is 0. The van der Waals surface area contributed by atoms with Gasteiger partial charge in [-0.2, -0.15) is 13.2 Å². The van der Waals surface area contributed by atoms with E-state index in [1.807, 2.05) is 0 Å². The molecule has 2 N–H and O–H groups in total. The zero-order chi connectivity index (χ0) is 16.0. The van der Waals surface area contributed by atoms with Crippen molar-refractivity contribution < 1.29 is 23.0 Å². The smallest absolute Gasteiger partial charge is 0.419 e. The van der Waals surface area contributed by atoms with Crippen LogP contribution in [0.4, 0.5) is 13.2 Å². The summed E-state index contributed by atoms with van der Waals surface area (Å²) in [7, 11) is 1.22. The summed E-state index contributed by atoms with van der Waals surface area (Å²) in [5, 5.41) is 14.4. The molecule has 2 fully saturated rings. The van der Waals surface area contributed by atoms with Crippen molar-refractivity contribution >= 4 is 0 Å². The highest BCUT2D eigenvalue weighted by Gasteiger charge is 2.43. The van der Waals surface area contributed by atoms with Gasteiger partial charge in [0, 0.05) is 12.1 Å². The first kappa shape index (κ1) is 15.6. The number of halogens is 3. The van der Waals surface area contributed by atoms with Gasteiger partial charge in [0.1, 0.15) is 5.75 Å². The van der Waals surface area contributed by atoms with Gasteiger partial charge < -0.3 is 15.2 Å². The molecule has 0 amide bonds. The molecule has 2 atom stereocenters. The van der Waals surface area contributed by atoms with E-state index in [2.05, 4.69) is 5.32 Å². The fraction of sp³-hybridized carbons (Fsp3) is 0.625. The van der Waals surface area contributed by atoms with Crippen molar-refractivity contribution in [2.24, 2.45) is 0 Å². The van der Waals surface area contributed by atoms with Crippen molar-refractivity contribution in [3.63, 3.8) is 0 Å². The summed E-state index contributed by atoms with van der Waals surface area (Å²) in [6.07, 6.45) is -0.572. The van der Waals surface area contributed by atoms with E-state index in [4.69, 9.17) is 4.74 Å². The lowest BCUT2D eigenvalue weighted by Gasteiger charge is -2.45. The van der Waals surface area contributed by atoms with E-state index in [1.54, 1.807) is 6.07 Å². The molecular formula is C16H20F3NO2. The van der Waals surface area contributed by atoms with Crippen LogP contribution in [0.2, 0.25) is 0 Å². The summed E-state index contributed by atoms with van der Waals surface area (Å²) >= 11 is 0. The first-order valence-corrected chi connectivity index (χ1v) is 7.56. The summed E-state index contributed by atoms with van der Waals surface area (Å²) in [5.74, 6) is -0.214. The molecule has 1 aromatic carbocycles. The van der Waals surface area contributed by atoms with Gasteiger partial charge in [-0.3, -0.25) is 0 Å². The van der Waals surface area contributed by atoms with E-state index in [1.165, 1.54) is 13.2 Å². The third-order valence-corrected chi connectivity index (χ3v) is 4.79. The molecule has 0 saturated carbocycles. The number of fused-ring (bicyclic) bond motifs is 2. The van der Waals surface area contributed by atoms with Gasteiger partial charge in [0.05, 0.1) is 18.3 Å². The average Bonchev–Trinajstić information content (AvgIpc) is 2.45. The fourth-order valence-electron chi connectivity index (χ4n) is 3.79. The molecule has 2 aliphatic rings. The Labute approximate surface area is 127 Å². The molecule has 2 bridgehead atoms. The van der Waals surface area contributed by atoms with Gasteiger partial charge in [0.25, 0.3) is 0 Å². The third kappa shape index (κ3) is 2.82. The minimum Gasteiger partial charge on any atom is -0.496 e. The Hall–Kier alpha value is -1.27. The predicted molar refractivity (Wildman–Crippen MR) is 75.7 cm³/mol. The zero-order valence-electron chi connectivity index (χ0n) is 12.4. The van der Waals surface area contributed by atoms with Gasteiger partial charge in [-0.25, -0.2) is 0 Å². The van der Waals surface area contributed by atoms with E-state index in [9.17, 15) is 18.3 Å². The minimum atomic E-state index is -4.50. The Balaban J connectivity index is 1.97. The molecular weight excluding hydrogens is 295 g/mol. The molecule has 22 heavy (non-hydrogen) atoms. The van der Waals surface area contributed by atoms with E-state index < -0.39 is 17.3 Å². The molecule has 0 radical (unpaired) electrons. The van der Waals surface area contributed by atoms with Crippen molar-refractivity contribution in [1.82, 2.24) is 5.32 Å². The average molecular weight is 315 g/mol. The number of nitrogens with one attached hydrogen (secondary N) is 1. The quantitative estimate of drug-likeness (QED) is 0.880. The molecule has 3 rings (SSSR count). The van der Waals surface area contributed by atoms with Crippen molar-refractivity contribution in [3.05, 3.63) is 29.3 Å². The van der Waals surface area contributed by atoms with Gasteiger partial charge in [-0.05, 0) is 43.4 Å². The number of piperidine rings is 2. The highest BCUT2D eigenvalue weighted by Crippen LogP contribution is 2.43. The van der Waals surface area contributed by atoms with Crippen molar-refractivity contribution in [3.8, 4) is 5.75 Å². The highest BCUT2D eigenvalue weighted by atomic mass is 19.4. The van der Waals surface area contributed by atoms with Crippen molar-refractivity contribution in [1.29, 1.82) is 0 Å². The van der Waals surface area contributed by atoms with Crippen molar-refractivity contribution in [2.45, 2.75) is 56.0 Å². The molecule has 0 aromatic heterocycles. The lowest BCUT2D eigenvalue weighted by atomic mass is 9.73. The third-order valence-electron chi connectivity index (χ3n) is 4.79. The lowest BCUT2D eigenvalue weighted by Crippen LogP contribution is -2.54. The molecule has 2 heterocycles. The van der Waals surface area contributed by atoms with Crippen molar-refractivity contribution in [2.75, 3.05) is 7.11 Å². The number of benzene rings is 1. The fourth-order valence-corrected chi connectivity index (χ4v) is 3.79. The number of ether oxygens (including phenoxy) is 1. The van der Waals surface area contributed by atoms with E-state index in [-0.39, 0.29) is 17.8 Å². The molecule has 122 valence electrons. The zero-order valence-corrected chi connectivity index (χ0v) is 12.4. The SMILES string of the molecule is COc1ccc(C2(O)CC3CCCC(C2)N3)cc1C(F)(F)F. The Morgan fingerprint density at radius 3 is 2.41 bits per heavy atom. The molecule has 0 aliphatic carbocycles. The van der Waals surface area contributed by atoms with Crippen LogP contribution in [0.5, 0.6) is 5.75 Å². The Bertz CT molecular complexity index is 547. The summed E-state index contributed by atoms with van der Waals surface area (Å²) in [6, 6.07) is 4.24.